The molecule has 1 saturated heterocycles. The fourth-order valence-corrected chi connectivity index (χ4v) is 2.91. The minimum Gasteiger partial charge on any atom is -0.493 e. The molecule has 1 saturated carbocycles. The van der Waals surface area contributed by atoms with Crippen molar-refractivity contribution in [3.63, 3.8) is 0 Å². The van der Waals surface area contributed by atoms with E-state index < -0.39 is 0 Å². The van der Waals surface area contributed by atoms with Gasteiger partial charge in [0.25, 0.3) is 0 Å². The number of ether oxygens (including phenoxy) is 2. The van der Waals surface area contributed by atoms with Crippen LogP contribution in [0, 0.1) is 5.92 Å². The molecule has 0 spiro atoms. The first-order valence-corrected chi connectivity index (χ1v) is 7.87. The molecule has 0 amide bonds. The van der Waals surface area contributed by atoms with Gasteiger partial charge in [0, 0.05) is 23.1 Å². The topological polar surface area (TPSA) is 30.5 Å². The van der Waals surface area contributed by atoms with Crippen LogP contribution in [0.5, 0.6) is 5.75 Å². The zero-order valence-electron chi connectivity index (χ0n) is 11.0. The summed E-state index contributed by atoms with van der Waals surface area (Å²) in [6.07, 6.45) is 4.08. The zero-order chi connectivity index (χ0) is 13.1. The molecule has 1 heterocycles. The van der Waals surface area contributed by atoms with Crippen LogP contribution < -0.4 is 10.1 Å². The van der Waals surface area contributed by atoms with Gasteiger partial charge in [-0.05, 0) is 37.0 Å². The number of hydrogen-bond donors (Lipinski definition) is 1. The lowest BCUT2D eigenvalue weighted by molar-refractivity contribution is 0.0253. The molecule has 1 unspecified atom stereocenters. The number of benzene rings is 1. The molecule has 1 N–H and O–H groups in total. The highest BCUT2D eigenvalue weighted by Crippen LogP contribution is 2.33. The van der Waals surface area contributed by atoms with Gasteiger partial charge in [0.15, 0.2) is 0 Å². The second kappa shape index (κ2) is 6.25. The molecular formula is C15H20BrNO2. The normalized spacial score (nSPS) is 23.9. The summed E-state index contributed by atoms with van der Waals surface area (Å²) in [6, 6.07) is 6.21. The van der Waals surface area contributed by atoms with Crippen LogP contribution in [0.4, 0.5) is 0 Å². The molecule has 4 heteroatoms. The van der Waals surface area contributed by atoms with Gasteiger partial charge in [-0.1, -0.05) is 22.4 Å². The highest BCUT2D eigenvalue weighted by molar-refractivity contribution is 9.10. The van der Waals surface area contributed by atoms with E-state index in [0.717, 1.165) is 48.0 Å². The third-order valence-corrected chi connectivity index (χ3v) is 4.44. The molecule has 0 bridgehead atoms. The summed E-state index contributed by atoms with van der Waals surface area (Å²) >= 11 is 3.54. The van der Waals surface area contributed by atoms with Crippen LogP contribution in [0.2, 0.25) is 0 Å². The second-order valence-corrected chi connectivity index (χ2v) is 6.27. The van der Waals surface area contributed by atoms with Gasteiger partial charge in [0.05, 0.1) is 19.3 Å². The van der Waals surface area contributed by atoms with E-state index in [1.54, 1.807) is 0 Å². The lowest BCUT2D eigenvalue weighted by Crippen LogP contribution is -2.33. The molecule has 0 aromatic heterocycles. The van der Waals surface area contributed by atoms with Gasteiger partial charge in [-0.15, -0.1) is 0 Å². The van der Waals surface area contributed by atoms with Gasteiger partial charge >= 0.3 is 0 Å². The van der Waals surface area contributed by atoms with Gasteiger partial charge in [-0.25, -0.2) is 0 Å². The van der Waals surface area contributed by atoms with Crippen molar-refractivity contribution in [1.29, 1.82) is 0 Å². The first kappa shape index (κ1) is 13.4. The molecule has 3 nitrogen and oxygen atoms in total. The van der Waals surface area contributed by atoms with Crippen molar-refractivity contribution >= 4 is 15.9 Å². The van der Waals surface area contributed by atoms with Gasteiger partial charge < -0.3 is 14.8 Å². The van der Waals surface area contributed by atoms with Gasteiger partial charge in [0.2, 0.25) is 0 Å². The molecular weight excluding hydrogens is 306 g/mol. The Hall–Kier alpha value is -0.580. The standard InChI is InChI=1S/C15H20BrNO2/c16-12-4-5-14(19-10-11-2-1-3-11)13(8-12)15-9-17-6-7-18-15/h4-5,8,11,15,17H,1-3,6-7,9-10H2. The second-order valence-electron chi connectivity index (χ2n) is 5.35. The summed E-state index contributed by atoms with van der Waals surface area (Å²) in [5.41, 5.74) is 1.15. The van der Waals surface area contributed by atoms with Gasteiger partial charge in [-0.2, -0.15) is 0 Å². The lowest BCUT2D eigenvalue weighted by atomic mass is 9.86. The number of nitrogens with one attached hydrogen (secondary N) is 1. The van der Waals surface area contributed by atoms with E-state index in [2.05, 4.69) is 33.4 Å². The van der Waals surface area contributed by atoms with Crippen LogP contribution in [0.1, 0.15) is 30.9 Å². The van der Waals surface area contributed by atoms with Crippen molar-refractivity contribution < 1.29 is 9.47 Å². The van der Waals surface area contributed by atoms with Crippen molar-refractivity contribution in [2.24, 2.45) is 5.92 Å². The Labute approximate surface area is 122 Å². The Morgan fingerprint density at radius 2 is 2.26 bits per heavy atom. The third-order valence-electron chi connectivity index (χ3n) is 3.95. The maximum atomic E-state index is 6.02. The Morgan fingerprint density at radius 3 is 2.95 bits per heavy atom. The van der Waals surface area contributed by atoms with Crippen LogP contribution >= 0.6 is 15.9 Å². The smallest absolute Gasteiger partial charge is 0.125 e. The minimum absolute atomic E-state index is 0.0997. The molecule has 1 aliphatic heterocycles. The quantitative estimate of drug-likeness (QED) is 0.921. The number of rotatable bonds is 4. The Morgan fingerprint density at radius 1 is 1.37 bits per heavy atom. The van der Waals surface area contributed by atoms with E-state index in [1.807, 2.05) is 6.07 Å². The van der Waals surface area contributed by atoms with E-state index >= 15 is 0 Å². The van der Waals surface area contributed by atoms with Crippen LogP contribution in [0.25, 0.3) is 0 Å². The average molecular weight is 326 g/mol. The lowest BCUT2D eigenvalue weighted by Gasteiger charge is -2.28. The number of hydrogen-bond acceptors (Lipinski definition) is 3. The van der Waals surface area contributed by atoms with Gasteiger partial charge in [-0.3, -0.25) is 0 Å². The predicted molar refractivity (Wildman–Crippen MR) is 78.5 cm³/mol. The van der Waals surface area contributed by atoms with Crippen LogP contribution in [0.3, 0.4) is 0 Å². The number of halogens is 1. The molecule has 2 fully saturated rings. The summed E-state index contributed by atoms with van der Waals surface area (Å²) < 4.78 is 12.9. The van der Waals surface area contributed by atoms with Crippen molar-refractivity contribution in [3.8, 4) is 5.75 Å². The van der Waals surface area contributed by atoms with E-state index in [-0.39, 0.29) is 6.10 Å². The molecule has 1 atom stereocenters. The average Bonchev–Trinajstić information content (AvgIpc) is 2.39. The maximum absolute atomic E-state index is 6.02. The molecule has 0 radical (unpaired) electrons. The Kier molecular flexibility index (Phi) is 4.41. The summed E-state index contributed by atoms with van der Waals surface area (Å²) in [7, 11) is 0. The van der Waals surface area contributed by atoms with E-state index in [9.17, 15) is 0 Å². The minimum atomic E-state index is 0.0997. The summed E-state index contributed by atoms with van der Waals surface area (Å²) in [5.74, 6) is 1.73. The molecule has 1 aromatic carbocycles. The number of morpholine rings is 1. The zero-order valence-corrected chi connectivity index (χ0v) is 12.6. The van der Waals surface area contributed by atoms with Crippen molar-refractivity contribution in [3.05, 3.63) is 28.2 Å². The molecule has 1 aliphatic carbocycles. The molecule has 2 aliphatic rings. The maximum Gasteiger partial charge on any atom is 0.125 e. The first-order valence-electron chi connectivity index (χ1n) is 7.07. The predicted octanol–water partition coefficient (Wildman–Crippen LogP) is 3.29. The van der Waals surface area contributed by atoms with E-state index in [4.69, 9.17) is 9.47 Å². The van der Waals surface area contributed by atoms with Crippen LogP contribution in [0.15, 0.2) is 22.7 Å². The van der Waals surface area contributed by atoms with Crippen molar-refractivity contribution in [2.75, 3.05) is 26.3 Å². The summed E-state index contributed by atoms with van der Waals surface area (Å²) in [5, 5.41) is 3.37. The Balaban J connectivity index is 1.73. The molecule has 3 rings (SSSR count). The fourth-order valence-electron chi connectivity index (χ4n) is 2.53. The van der Waals surface area contributed by atoms with Crippen LogP contribution in [-0.4, -0.2) is 26.3 Å². The third kappa shape index (κ3) is 3.30. The van der Waals surface area contributed by atoms with E-state index in [0.29, 0.717) is 0 Å². The molecule has 1 aromatic rings. The summed E-state index contributed by atoms with van der Waals surface area (Å²) in [4.78, 5) is 0. The fraction of sp³-hybridized carbons (Fsp3) is 0.600. The first-order chi connectivity index (χ1) is 9.33. The monoisotopic (exact) mass is 325 g/mol. The molecule has 19 heavy (non-hydrogen) atoms. The van der Waals surface area contributed by atoms with E-state index in [1.165, 1.54) is 19.3 Å². The SMILES string of the molecule is Brc1ccc(OCC2CCC2)c(C2CNCCO2)c1. The van der Waals surface area contributed by atoms with Crippen molar-refractivity contribution in [1.82, 2.24) is 5.32 Å². The van der Waals surface area contributed by atoms with Gasteiger partial charge in [0.1, 0.15) is 5.75 Å². The highest BCUT2D eigenvalue weighted by atomic mass is 79.9. The van der Waals surface area contributed by atoms with Crippen LogP contribution in [-0.2, 0) is 4.74 Å². The Bertz CT molecular complexity index is 428. The highest BCUT2D eigenvalue weighted by Gasteiger charge is 2.22. The summed E-state index contributed by atoms with van der Waals surface area (Å²) in [6.45, 7) is 3.40. The van der Waals surface area contributed by atoms with Crippen molar-refractivity contribution in [2.45, 2.75) is 25.4 Å². The largest absolute Gasteiger partial charge is 0.493 e. The molecule has 104 valence electrons.